The first-order chi connectivity index (χ1) is 15.8. The molecule has 3 aromatic carbocycles. The zero-order valence-corrected chi connectivity index (χ0v) is 19.2. The Balaban J connectivity index is 1.38. The number of nitrogens with one attached hydrogen (secondary N) is 1. The van der Waals surface area contributed by atoms with Gasteiger partial charge in [-0.2, -0.15) is 13.2 Å². The number of aliphatic imine (C=N–C) groups is 1. The van der Waals surface area contributed by atoms with Crippen LogP contribution >= 0.6 is 34.7 Å². The number of rotatable bonds is 6. The highest BCUT2D eigenvalue weighted by Gasteiger charge is 2.30. The maximum absolute atomic E-state index is 12.8. The second kappa shape index (κ2) is 9.94. The number of thioether (sulfide) groups is 1. The van der Waals surface area contributed by atoms with Crippen LogP contribution in [0.15, 0.2) is 76.1 Å². The van der Waals surface area contributed by atoms with Crippen LogP contribution < -0.4 is 5.32 Å². The van der Waals surface area contributed by atoms with E-state index < -0.39 is 17.6 Å². The number of nitrogens with zero attached hydrogens (tertiary/aromatic N) is 2. The first kappa shape index (κ1) is 23.3. The molecule has 0 saturated carbocycles. The van der Waals surface area contributed by atoms with Gasteiger partial charge < -0.3 is 5.32 Å². The number of amides is 1. The Hall–Kier alpha value is -2.88. The molecule has 10 heteroatoms. The number of hydrogen-bond donors (Lipinski definition) is 1. The van der Waals surface area contributed by atoms with Gasteiger partial charge in [-0.3, -0.25) is 9.79 Å². The van der Waals surface area contributed by atoms with Crippen LogP contribution in [0.2, 0.25) is 5.02 Å². The van der Waals surface area contributed by atoms with E-state index in [2.05, 4.69) is 15.3 Å². The number of fused-ring (bicyclic) bond motifs is 1. The highest BCUT2D eigenvalue weighted by molar-refractivity contribution is 8.01. The molecule has 0 spiro atoms. The molecule has 4 rings (SSSR count). The molecule has 0 radical (unpaired) electrons. The molecule has 0 atom stereocenters. The van der Waals surface area contributed by atoms with Crippen LogP contribution in [0, 0.1) is 0 Å². The molecule has 0 saturated heterocycles. The van der Waals surface area contributed by atoms with Crippen molar-refractivity contribution in [1.29, 1.82) is 0 Å². The Bertz CT molecular complexity index is 1320. The Morgan fingerprint density at radius 2 is 1.91 bits per heavy atom. The fourth-order valence-corrected chi connectivity index (χ4v) is 4.86. The second-order valence-corrected chi connectivity index (χ2v) is 9.55. The number of alkyl halides is 3. The SMILES string of the molecule is O=C(CSc1nc2ccc(N=Cc3ccc(Cl)cc3)cc2s1)Nc1cccc(C(F)(F)F)c1. The minimum Gasteiger partial charge on any atom is -0.325 e. The molecule has 33 heavy (non-hydrogen) atoms. The van der Waals surface area contributed by atoms with Crippen LogP contribution in [0.1, 0.15) is 11.1 Å². The van der Waals surface area contributed by atoms with Crippen molar-refractivity contribution in [2.75, 3.05) is 11.1 Å². The van der Waals surface area contributed by atoms with Crippen LogP contribution in [-0.4, -0.2) is 22.9 Å². The number of carbonyl (C=O) groups is 1. The molecular weight excluding hydrogens is 491 g/mol. The molecule has 4 aromatic rings. The van der Waals surface area contributed by atoms with Gasteiger partial charge in [0, 0.05) is 16.9 Å². The number of hydrogen-bond acceptors (Lipinski definition) is 5. The lowest BCUT2D eigenvalue weighted by atomic mass is 10.2. The molecular formula is C23H15ClF3N3OS2. The fraction of sp³-hybridized carbons (Fsp3) is 0.0870. The molecule has 0 unspecified atom stereocenters. The number of anilines is 1. The van der Waals surface area contributed by atoms with Crippen LogP contribution in [0.4, 0.5) is 24.5 Å². The summed E-state index contributed by atoms with van der Waals surface area (Å²) >= 11 is 8.53. The number of aromatic nitrogens is 1. The quantitative estimate of drug-likeness (QED) is 0.219. The summed E-state index contributed by atoms with van der Waals surface area (Å²) in [5.74, 6) is -0.385. The van der Waals surface area contributed by atoms with Gasteiger partial charge in [0.1, 0.15) is 0 Å². The summed E-state index contributed by atoms with van der Waals surface area (Å²) in [7, 11) is 0. The van der Waals surface area contributed by atoms with E-state index in [0.717, 1.165) is 33.6 Å². The molecule has 1 heterocycles. The third-order valence-corrected chi connectivity index (χ3v) is 6.80. The highest BCUT2D eigenvalue weighted by atomic mass is 35.5. The average molecular weight is 506 g/mol. The molecule has 0 bridgehead atoms. The van der Waals surface area contributed by atoms with Crippen LogP contribution in [0.5, 0.6) is 0 Å². The molecule has 1 amide bonds. The van der Waals surface area contributed by atoms with E-state index in [9.17, 15) is 18.0 Å². The van der Waals surface area contributed by atoms with Gasteiger partial charge >= 0.3 is 6.18 Å². The number of benzene rings is 3. The monoisotopic (exact) mass is 505 g/mol. The van der Waals surface area contributed by atoms with Crippen molar-refractivity contribution in [3.05, 3.63) is 82.9 Å². The van der Waals surface area contributed by atoms with E-state index in [1.165, 1.54) is 35.2 Å². The summed E-state index contributed by atoms with van der Waals surface area (Å²) in [5, 5.41) is 3.15. The van der Waals surface area contributed by atoms with Gasteiger partial charge in [0.05, 0.1) is 27.2 Å². The minimum atomic E-state index is -4.46. The van der Waals surface area contributed by atoms with Crippen molar-refractivity contribution < 1.29 is 18.0 Å². The standard InChI is InChI=1S/C23H15ClF3N3OS2/c24-16-6-4-14(5-7-16)12-28-17-8-9-19-20(11-17)33-22(30-19)32-13-21(31)29-18-3-1-2-15(10-18)23(25,26)27/h1-12H,13H2,(H,29,31). The Labute approximate surface area is 200 Å². The number of thiazole rings is 1. The molecule has 0 aliphatic carbocycles. The molecule has 168 valence electrons. The predicted octanol–water partition coefficient (Wildman–Crippen LogP) is 7.45. The van der Waals surface area contributed by atoms with Crippen molar-refractivity contribution in [2.24, 2.45) is 4.99 Å². The van der Waals surface area contributed by atoms with Crippen molar-refractivity contribution in [3.63, 3.8) is 0 Å². The van der Waals surface area contributed by atoms with Gasteiger partial charge in [0.15, 0.2) is 4.34 Å². The summed E-state index contributed by atoms with van der Waals surface area (Å²) in [6.45, 7) is 0. The van der Waals surface area contributed by atoms with Gasteiger partial charge in [-0.25, -0.2) is 4.98 Å². The van der Waals surface area contributed by atoms with Crippen LogP contribution in [-0.2, 0) is 11.0 Å². The summed E-state index contributed by atoms with van der Waals surface area (Å²) in [5.41, 5.74) is 1.76. The molecule has 0 aliphatic heterocycles. The third kappa shape index (κ3) is 6.34. The van der Waals surface area contributed by atoms with Gasteiger partial charge in [0.2, 0.25) is 5.91 Å². The van der Waals surface area contributed by atoms with Gasteiger partial charge in [-0.1, -0.05) is 41.6 Å². The maximum atomic E-state index is 12.8. The largest absolute Gasteiger partial charge is 0.416 e. The Morgan fingerprint density at radius 3 is 2.67 bits per heavy atom. The first-order valence-electron chi connectivity index (χ1n) is 9.56. The third-order valence-electron chi connectivity index (χ3n) is 4.39. The lowest BCUT2D eigenvalue weighted by Gasteiger charge is -2.09. The van der Waals surface area contributed by atoms with E-state index in [-0.39, 0.29) is 11.4 Å². The van der Waals surface area contributed by atoms with Gasteiger partial charge in [0.25, 0.3) is 0 Å². The molecule has 1 N–H and O–H groups in total. The fourth-order valence-electron chi connectivity index (χ4n) is 2.83. The zero-order chi connectivity index (χ0) is 23.4. The zero-order valence-electron chi connectivity index (χ0n) is 16.8. The second-order valence-electron chi connectivity index (χ2n) is 6.86. The number of carbonyl (C=O) groups excluding carboxylic acids is 1. The van der Waals surface area contributed by atoms with Gasteiger partial charge in [-0.05, 0) is 54.1 Å². The van der Waals surface area contributed by atoms with E-state index in [4.69, 9.17) is 11.6 Å². The smallest absolute Gasteiger partial charge is 0.325 e. The molecule has 4 nitrogen and oxygen atoms in total. The lowest BCUT2D eigenvalue weighted by molar-refractivity contribution is -0.137. The van der Waals surface area contributed by atoms with E-state index in [1.54, 1.807) is 18.3 Å². The Kier molecular flexibility index (Phi) is 7.02. The lowest BCUT2D eigenvalue weighted by Crippen LogP contribution is -2.14. The topological polar surface area (TPSA) is 54.4 Å². The minimum absolute atomic E-state index is 0.0254. The first-order valence-corrected chi connectivity index (χ1v) is 11.7. The molecule has 1 aromatic heterocycles. The normalized spacial score (nSPS) is 11.9. The predicted molar refractivity (Wildman–Crippen MR) is 129 cm³/mol. The van der Waals surface area contributed by atoms with Crippen molar-refractivity contribution >= 4 is 68.4 Å². The van der Waals surface area contributed by atoms with E-state index in [1.807, 2.05) is 30.3 Å². The molecule has 0 fully saturated rings. The number of halogens is 4. The summed E-state index contributed by atoms with van der Waals surface area (Å²) < 4.78 is 40.1. The van der Waals surface area contributed by atoms with Gasteiger partial charge in [-0.15, -0.1) is 11.3 Å². The van der Waals surface area contributed by atoms with Crippen LogP contribution in [0.3, 0.4) is 0 Å². The van der Waals surface area contributed by atoms with Crippen molar-refractivity contribution in [2.45, 2.75) is 10.5 Å². The van der Waals surface area contributed by atoms with E-state index in [0.29, 0.717) is 9.36 Å². The summed E-state index contributed by atoms with van der Waals surface area (Å²) in [6.07, 6.45) is -2.72. The average Bonchev–Trinajstić information content (AvgIpc) is 3.19. The Morgan fingerprint density at radius 1 is 1.12 bits per heavy atom. The molecule has 0 aliphatic rings. The van der Waals surface area contributed by atoms with Crippen molar-refractivity contribution in [1.82, 2.24) is 4.98 Å². The van der Waals surface area contributed by atoms with Crippen molar-refractivity contribution in [3.8, 4) is 0 Å². The summed E-state index contributed by atoms with van der Waals surface area (Å²) in [6, 6.07) is 17.5. The highest BCUT2D eigenvalue weighted by Crippen LogP contribution is 2.33. The van der Waals surface area contributed by atoms with Crippen LogP contribution in [0.25, 0.3) is 10.2 Å². The summed E-state index contributed by atoms with van der Waals surface area (Å²) in [4.78, 5) is 21.2. The maximum Gasteiger partial charge on any atom is 0.416 e. The van der Waals surface area contributed by atoms with E-state index >= 15 is 0 Å².